The summed E-state index contributed by atoms with van der Waals surface area (Å²) in [5, 5.41) is 11.4. The molecule has 0 fully saturated rings. The van der Waals surface area contributed by atoms with Gasteiger partial charge in [0.25, 0.3) is 0 Å². The third kappa shape index (κ3) is 4.88. The van der Waals surface area contributed by atoms with Gasteiger partial charge in [0, 0.05) is 26.0 Å². The Balaban J connectivity index is 1.69. The predicted molar refractivity (Wildman–Crippen MR) is 111 cm³/mol. The van der Waals surface area contributed by atoms with Crippen molar-refractivity contribution in [2.24, 2.45) is 0 Å². The van der Waals surface area contributed by atoms with Crippen LogP contribution in [0.15, 0.2) is 79.1 Å². The molecule has 0 aliphatic rings. The van der Waals surface area contributed by atoms with Crippen LogP contribution in [0.2, 0.25) is 0 Å². The molecule has 2 aromatic carbocycles. The topological polar surface area (TPSA) is 50.0 Å². The van der Waals surface area contributed by atoms with Crippen molar-refractivity contribution in [3.63, 3.8) is 0 Å². The van der Waals surface area contributed by atoms with Gasteiger partial charge in [0.1, 0.15) is 12.4 Å². The Hall–Kier alpha value is -3.27. The molecule has 3 rings (SSSR count). The minimum absolute atomic E-state index is 0.502. The first-order chi connectivity index (χ1) is 13.2. The van der Waals surface area contributed by atoms with E-state index in [-0.39, 0.29) is 0 Å². The molecule has 138 valence electrons. The second kappa shape index (κ2) is 8.90. The molecular weight excluding hydrogens is 334 g/mol. The first-order valence-electron chi connectivity index (χ1n) is 9.05. The summed E-state index contributed by atoms with van der Waals surface area (Å²) >= 11 is 0. The zero-order chi connectivity index (χ0) is 19.1. The van der Waals surface area contributed by atoms with Crippen molar-refractivity contribution in [3.8, 4) is 16.9 Å². The average Bonchev–Trinajstić information content (AvgIpc) is 2.71. The molecule has 0 spiro atoms. The number of benzene rings is 2. The van der Waals surface area contributed by atoms with Crippen molar-refractivity contribution in [3.05, 3.63) is 90.1 Å². The molecule has 0 amide bonds. The van der Waals surface area contributed by atoms with Crippen LogP contribution in [-0.2, 0) is 6.54 Å². The number of hydrogen-bond acceptors (Lipinski definition) is 3. The lowest BCUT2D eigenvalue weighted by atomic mass is 10.0. The molecule has 0 atom stereocenters. The van der Waals surface area contributed by atoms with Crippen molar-refractivity contribution in [2.75, 3.05) is 19.0 Å². The zero-order valence-corrected chi connectivity index (χ0v) is 15.8. The molecule has 0 saturated carbocycles. The summed E-state index contributed by atoms with van der Waals surface area (Å²) in [6.45, 7) is 3.35. The van der Waals surface area contributed by atoms with E-state index in [1.165, 1.54) is 16.7 Å². The number of rotatable bonds is 7. The van der Waals surface area contributed by atoms with E-state index in [4.69, 9.17) is 10.1 Å². The van der Waals surface area contributed by atoms with E-state index in [0.717, 1.165) is 18.0 Å². The highest BCUT2D eigenvalue weighted by molar-refractivity contribution is 5.64. The SMILES string of the molecule is C/C=C/COc1ccc(-c2ccc(Cn3ccc(=N)c(NC)c3)cc2)cc1. The Labute approximate surface area is 160 Å². The van der Waals surface area contributed by atoms with E-state index in [2.05, 4.69) is 46.3 Å². The normalized spacial score (nSPS) is 10.9. The van der Waals surface area contributed by atoms with Crippen LogP contribution in [-0.4, -0.2) is 18.2 Å². The van der Waals surface area contributed by atoms with Crippen LogP contribution in [0.3, 0.4) is 0 Å². The Morgan fingerprint density at radius 3 is 2.30 bits per heavy atom. The van der Waals surface area contributed by atoms with Gasteiger partial charge >= 0.3 is 0 Å². The lowest BCUT2D eigenvalue weighted by Gasteiger charge is -2.10. The molecular formula is C23H25N3O. The Kier molecular flexibility index (Phi) is 6.10. The van der Waals surface area contributed by atoms with Crippen molar-refractivity contribution >= 4 is 5.69 Å². The van der Waals surface area contributed by atoms with E-state index in [9.17, 15) is 0 Å². The quantitative estimate of drug-likeness (QED) is 0.602. The third-order valence-corrected chi connectivity index (χ3v) is 4.38. The van der Waals surface area contributed by atoms with Gasteiger partial charge in [-0.05, 0) is 41.8 Å². The third-order valence-electron chi connectivity index (χ3n) is 4.38. The number of nitrogens with one attached hydrogen (secondary N) is 2. The standard InChI is InChI=1S/C23H25N3O/c1-3-4-15-27-21-11-9-20(10-12-21)19-7-5-18(6-8-19)16-26-14-13-22(24)23(17-26)25-2/h3-14,17,24-25H,15-16H2,1-2H3/b4-3+,24-22?. The fourth-order valence-electron chi connectivity index (χ4n) is 2.83. The molecule has 1 aromatic heterocycles. The molecule has 1 heterocycles. The molecule has 27 heavy (non-hydrogen) atoms. The molecule has 3 aromatic rings. The van der Waals surface area contributed by atoms with E-state index in [1.54, 1.807) is 6.07 Å². The first-order valence-corrected chi connectivity index (χ1v) is 9.05. The fraction of sp³-hybridized carbons (Fsp3) is 0.174. The van der Waals surface area contributed by atoms with Crippen LogP contribution in [0.4, 0.5) is 5.69 Å². The van der Waals surface area contributed by atoms with Gasteiger partial charge in [-0.2, -0.15) is 0 Å². The maximum absolute atomic E-state index is 7.84. The molecule has 0 radical (unpaired) electrons. The van der Waals surface area contributed by atoms with Gasteiger partial charge in [0.05, 0.1) is 11.0 Å². The number of hydrogen-bond donors (Lipinski definition) is 2. The van der Waals surface area contributed by atoms with Crippen LogP contribution in [0, 0.1) is 5.41 Å². The summed E-state index contributed by atoms with van der Waals surface area (Å²) < 4.78 is 7.72. The van der Waals surface area contributed by atoms with E-state index < -0.39 is 0 Å². The molecule has 2 N–H and O–H groups in total. The highest BCUT2D eigenvalue weighted by Crippen LogP contribution is 2.23. The van der Waals surface area contributed by atoms with E-state index >= 15 is 0 Å². The molecule has 4 heteroatoms. The summed E-state index contributed by atoms with van der Waals surface area (Å²) in [6, 6.07) is 18.6. The summed E-state index contributed by atoms with van der Waals surface area (Å²) in [5.41, 5.74) is 4.39. The van der Waals surface area contributed by atoms with Gasteiger partial charge in [-0.3, -0.25) is 5.41 Å². The Morgan fingerprint density at radius 2 is 1.67 bits per heavy atom. The van der Waals surface area contributed by atoms with E-state index in [1.807, 2.05) is 50.6 Å². The zero-order valence-electron chi connectivity index (χ0n) is 15.8. The van der Waals surface area contributed by atoms with Crippen LogP contribution >= 0.6 is 0 Å². The smallest absolute Gasteiger partial charge is 0.119 e. The highest BCUT2D eigenvalue weighted by Gasteiger charge is 2.01. The van der Waals surface area contributed by atoms with Crippen molar-refractivity contribution in [1.82, 2.24) is 4.57 Å². The lowest BCUT2D eigenvalue weighted by Crippen LogP contribution is -2.11. The molecule has 0 aliphatic carbocycles. The highest BCUT2D eigenvalue weighted by atomic mass is 16.5. The number of allylic oxidation sites excluding steroid dienone is 1. The average molecular weight is 359 g/mol. The maximum Gasteiger partial charge on any atom is 0.119 e. The lowest BCUT2D eigenvalue weighted by molar-refractivity contribution is 0.363. The minimum atomic E-state index is 0.502. The van der Waals surface area contributed by atoms with Crippen molar-refractivity contribution in [2.45, 2.75) is 13.5 Å². The summed E-state index contributed by atoms with van der Waals surface area (Å²) in [5.74, 6) is 0.878. The van der Waals surface area contributed by atoms with Gasteiger partial charge in [-0.1, -0.05) is 48.6 Å². The van der Waals surface area contributed by atoms with Crippen molar-refractivity contribution in [1.29, 1.82) is 5.41 Å². The second-order valence-corrected chi connectivity index (χ2v) is 6.30. The first kappa shape index (κ1) is 18.5. The van der Waals surface area contributed by atoms with Gasteiger partial charge < -0.3 is 14.6 Å². The molecule has 0 bridgehead atoms. The van der Waals surface area contributed by atoms with Crippen molar-refractivity contribution < 1.29 is 4.74 Å². The molecule has 0 saturated heterocycles. The van der Waals surface area contributed by atoms with Gasteiger partial charge in [0.15, 0.2) is 0 Å². The van der Waals surface area contributed by atoms with Crippen LogP contribution < -0.4 is 15.4 Å². The van der Waals surface area contributed by atoms with Gasteiger partial charge in [-0.15, -0.1) is 0 Å². The Bertz CT molecular complexity index is 954. The largest absolute Gasteiger partial charge is 0.490 e. The monoisotopic (exact) mass is 359 g/mol. The second-order valence-electron chi connectivity index (χ2n) is 6.30. The van der Waals surface area contributed by atoms with Crippen LogP contribution in [0.25, 0.3) is 11.1 Å². The minimum Gasteiger partial charge on any atom is -0.490 e. The van der Waals surface area contributed by atoms with Gasteiger partial charge in [-0.25, -0.2) is 0 Å². The summed E-state index contributed by atoms with van der Waals surface area (Å²) in [7, 11) is 1.84. The van der Waals surface area contributed by atoms with Gasteiger partial charge in [0.2, 0.25) is 0 Å². The molecule has 0 unspecified atom stereocenters. The Morgan fingerprint density at radius 1 is 1.00 bits per heavy atom. The summed E-state index contributed by atoms with van der Waals surface area (Å²) in [4.78, 5) is 0. The van der Waals surface area contributed by atoms with Crippen LogP contribution in [0.1, 0.15) is 12.5 Å². The van der Waals surface area contributed by atoms with E-state index in [0.29, 0.717) is 12.0 Å². The number of pyridine rings is 1. The van der Waals surface area contributed by atoms with Crippen LogP contribution in [0.5, 0.6) is 5.75 Å². The maximum atomic E-state index is 7.84. The number of nitrogens with zero attached hydrogens (tertiary/aromatic N) is 1. The summed E-state index contributed by atoms with van der Waals surface area (Å²) in [6.07, 6.45) is 7.86. The molecule has 0 aliphatic heterocycles. The number of aromatic nitrogens is 1. The number of ether oxygens (including phenoxy) is 1. The number of anilines is 1. The predicted octanol–water partition coefficient (Wildman–Crippen LogP) is 4.68. The fourth-order valence-corrected chi connectivity index (χ4v) is 2.83. The molecule has 4 nitrogen and oxygen atoms in total.